The number of pyridine rings is 1. The van der Waals surface area contributed by atoms with E-state index in [0.717, 1.165) is 5.56 Å². The first-order valence-corrected chi connectivity index (χ1v) is 10.2. The summed E-state index contributed by atoms with van der Waals surface area (Å²) >= 11 is 0. The van der Waals surface area contributed by atoms with Crippen LogP contribution in [0.4, 0.5) is 0 Å². The van der Waals surface area contributed by atoms with Crippen LogP contribution in [-0.4, -0.2) is 48.5 Å². The maximum absolute atomic E-state index is 13.1. The van der Waals surface area contributed by atoms with E-state index in [9.17, 15) is 9.90 Å². The topological polar surface area (TPSA) is 103 Å². The highest BCUT2D eigenvalue weighted by Gasteiger charge is 2.35. The summed E-state index contributed by atoms with van der Waals surface area (Å²) in [6.45, 7) is 2.96. The third-order valence-corrected chi connectivity index (χ3v) is 5.61. The Hall–Kier alpha value is -3.10. The van der Waals surface area contributed by atoms with E-state index in [-0.39, 0.29) is 12.5 Å². The monoisotopic (exact) mass is 426 g/mol. The van der Waals surface area contributed by atoms with Gasteiger partial charge in [0, 0.05) is 30.9 Å². The number of hydrogen-bond acceptors (Lipinski definition) is 7. The minimum Gasteiger partial charge on any atom is -0.489 e. The van der Waals surface area contributed by atoms with Gasteiger partial charge in [-0.3, -0.25) is 4.79 Å². The van der Waals surface area contributed by atoms with Gasteiger partial charge in [-0.1, -0.05) is 0 Å². The molecule has 1 aliphatic rings. The number of ether oxygens (including phenoxy) is 3. The zero-order valence-electron chi connectivity index (χ0n) is 17.6. The number of methoxy groups -OCH3 is 1. The number of benzene rings is 1. The van der Waals surface area contributed by atoms with E-state index in [1.54, 1.807) is 38.4 Å². The minimum absolute atomic E-state index is 0.138. The molecule has 0 bridgehead atoms. The molecular formula is C23H26N2O6. The molecule has 2 aromatic heterocycles. The quantitative estimate of drug-likeness (QED) is 0.599. The molecule has 0 radical (unpaired) electrons. The Kier molecular flexibility index (Phi) is 6.11. The summed E-state index contributed by atoms with van der Waals surface area (Å²) in [6, 6.07) is 9.05. The molecule has 8 nitrogen and oxygen atoms in total. The highest BCUT2D eigenvalue weighted by Crippen LogP contribution is 2.31. The highest BCUT2D eigenvalue weighted by molar-refractivity contribution is 6.07. The number of furan rings is 1. The van der Waals surface area contributed by atoms with Crippen LogP contribution in [-0.2, 0) is 11.3 Å². The molecule has 1 fully saturated rings. The van der Waals surface area contributed by atoms with Gasteiger partial charge in [-0.15, -0.1) is 0 Å². The fourth-order valence-corrected chi connectivity index (χ4v) is 3.78. The predicted octanol–water partition coefficient (Wildman–Crippen LogP) is 3.00. The van der Waals surface area contributed by atoms with Crippen molar-refractivity contribution in [2.24, 2.45) is 0 Å². The lowest BCUT2D eigenvalue weighted by molar-refractivity contribution is 0.0125. The Labute approximate surface area is 180 Å². The van der Waals surface area contributed by atoms with E-state index in [0.29, 0.717) is 66.6 Å². The number of fused-ring (bicyclic) bond motifs is 1. The Morgan fingerprint density at radius 1 is 1.26 bits per heavy atom. The molecule has 1 aromatic carbocycles. The van der Waals surface area contributed by atoms with Gasteiger partial charge in [0.1, 0.15) is 23.7 Å². The number of nitrogens with zero attached hydrogens (tertiary/aromatic N) is 1. The summed E-state index contributed by atoms with van der Waals surface area (Å²) in [5.74, 6) is 1.37. The van der Waals surface area contributed by atoms with Crippen molar-refractivity contribution in [3.05, 3.63) is 53.4 Å². The summed E-state index contributed by atoms with van der Waals surface area (Å²) in [6.07, 6.45) is 2.79. The van der Waals surface area contributed by atoms with Crippen LogP contribution in [0.25, 0.3) is 11.0 Å². The third-order valence-electron chi connectivity index (χ3n) is 5.61. The fourth-order valence-electron chi connectivity index (χ4n) is 3.78. The van der Waals surface area contributed by atoms with Gasteiger partial charge < -0.3 is 29.1 Å². The van der Waals surface area contributed by atoms with E-state index in [4.69, 9.17) is 18.6 Å². The van der Waals surface area contributed by atoms with Crippen LogP contribution in [0.15, 0.2) is 40.9 Å². The Bertz CT molecular complexity index is 1070. The van der Waals surface area contributed by atoms with Crippen molar-refractivity contribution >= 4 is 16.9 Å². The molecule has 164 valence electrons. The van der Waals surface area contributed by atoms with Crippen molar-refractivity contribution in [1.29, 1.82) is 0 Å². The first kappa shape index (κ1) is 21.1. The van der Waals surface area contributed by atoms with E-state index >= 15 is 0 Å². The van der Waals surface area contributed by atoms with E-state index in [2.05, 4.69) is 10.3 Å². The van der Waals surface area contributed by atoms with E-state index in [1.165, 1.54) is 0 Å². The number of hydrogen-bond donors (Lipinski definition) is 2. The molecule has 0 atom stereocenters. The molecule has 2 N–H and O–H groups in total. The number of nitrogens with one attached hydrogen (secondary N) is 1. The molecule has 4 rings (SSSR count). The molecule has 1 saturated heterocycles. The number of carbonyl (C=O) groups is 1. The molecule has 8 heteroatoms. The van der Waals surface area contributed by atoms with Crippen LogP contribution < -0.4 is 14.8 Å². The lowest BCUT2D eigenvalue weighted by Crippen LogP contribution is -2.54. The van der Waals surface area contributed by atoms with Gasteiger partial charge in [0.2, 0.25) is 5.88 Å². The molecule has 31 heavy (non-hydrogen) atoms. The minimum atomic E-state index is -0.681. The number of carbonyl (C=O) groups excluding carboxylic acids is 1. The fraction of sp³-hybridized carbons (Fsp3) is 0.391. The largest absolute Gasteiger partial charge is 0.489 e. The molecular weight excluding hydrogens is 400 g/mol. The second-order valence-corrected chi connectivity index (χ2v) is 7.69. The summed E-state index contributed by atoms with van der Waals surface area (Å²) < 4.78 is 22.2. The third kappa shape index (κ3) is 4.50. The number of aliphatic hydroxyl groups is 1. The summed E-state index contributed by atoms with van der Waals surface area (Å²) in [7, 11) is 1.57. The maximum atomic E-state index is 13.1. The van der Waals surface area contributed by atoms with Gasteiger partial charge in [0.05, 0.1) is 24.8 Å². The molecule has 0 aliphatic carbocycles. The van der Waals surface area contributed by atoms with Crippen molar-refractivity contribution in [1.82, 2.24) is 10.3 Å². The lowest BCUT2D eigenvalue weighted by atomic mass is 9.90. The van der Waals surface area contributed by atoms with Crippen LogP contribution in [0.1, 0.15) is 34.5 Å². The number of rotatable bonds is 7. The summed E-state index contributed by atoms with van der Waals surface area (Å²) in [5.41, 5.74) is 1.29. The molecule has 1 amide bonds. The van der Waals surface area contributed by atoms with Gasteiger partial charge in [0.15, 0.2) is 0 Å². The van der Waals surface area contributed by atoms with Gasteiger partial charge in [-0.25, -0.2) is 4.98 Å². The average Bonchev–Trinajstić information content (AvgIpc) is 3.13. The van der Waals surface area contributed by atoms with Gasteiger partial charge >= 0.3 is 0 Å². The summed E-state index contributed by atoms with van der Waals surface area (Å²) in [5, 5.41) is 13.6. The van der Waals surface area contributed by atoms with E-state index < -0.39 is 5.54 Å². The van der Waals surface area contributed by atoms with Crippen LogP contribution in [0.2, 0.25) is 0 Å². The predicted molar refractivity (Wildman–Crippen MR) is 113 cm³/mol. The summed E-state index contributed by atoms with van der Waals surface area (Å²) in [4.78, 5) is 17.2. The number of aliphatic hydroxyl groups excluding tert-OH is 1. The molecule has 0 unspecified atom stereocenters. The Morgan fingerprint density at radius 3 is 2.81 bits per heavy atom. The molecule has 3 heterocycles. The number of amides is 1. The van der Waals surface area contributed by atoms with Crippen LogP contribution in [0.5, 0.6) is 11.6 Å². The van der Waals surface area contributed by atoms with Crippen molar-refractivity contribution < 1.29 is 28.5 Å². The SMILES string of the molecule is COc1cc(COc2ccc3oc(C)c(C(=O)NC4(CO)CCOCC4)c3c2)ccn1. The molecule has 0 saturated carbocycles. The molecule has 0 spiro atoms. The van der Waals surface area contributed by atoms with Crippen LogP contribution in [0, 0.1) is 6.92 Å². The smallest absolute Gasteiger partial charge is 0.255 e. The average molecular weight is 426 g/mol. The van der Waals surface area contributed by atoms with Crippen molar-refractivity contribution in [3.63, 3.8) is 0 Å². The second-order valence-electron chi connectivity index (χ2n) is 7.69. The molecule has 1 aliphatic heterocycles. The first-order chi connectivity index (χ1) is 15.0. The Morgan fingerprint density at radius 2 is 2.06 bits per heavy atom. The van der Waals surface area contributed by atoms with Crippen molar-refractivity contribution in [2.45, 2.75) is 31.9 Å². The van der Waals surface area contributed by atoms with Crippen LogP contribution >= 0.6 is 0 Å². The van der Waals surface area contributed by atoms with Gasteiger partial charge in [0.25, 0.3) is 5.91 Å². The number of aryl methyl sites for hydroxylation is 1. The normalized spacial score (nSPS) is 15.6. The lowest BCUT2D eigenvalue weighted by Gasteiger charge is -2.36. The molecule has 3 aromatic rings. The van der Waals surface area contributed by atoms with Gasteiger partial charge in [-0.05, 0) is 49.6 Å². The second kappa shape index (κ2) is 8.95. The highest BCUT2D eigenvalue weighted by atomic mass is 16.5. The number of aromatic nitrogens is 1. The van der Waals surface area contributed by atoms with Crippen LogP contribution in [0.3, 0.4) is 0 Å². The zero-order chi connectivity index (χ0) is 21.8. The standard InChI is InChI=1S/C23H26N2O6/c1-15-21(22(27)25-23(14-26)6-9-29-10-7-23)18-12-17(3-4-19(18)31-15)30-13-16-5-8-24-20(11-16)28-2/h3-5,8,11-12,26H,6-7,9-10,13-14H2,1-2H3,(H,25,27). The maximum Gasteiger partial charge on any atom is 0.255 e. The van der Waals surface area contributed by atoms with Crippen molar-refractivity contribution in [3.8, 4) is 11.6 Å². The Balaban J connectivity index is 1.56. The first-order valence-electron chi connectivity index (χ1n) is 10.2. The van der Waals surface area contributed by atoms with Crippen molar-refractivity contribution in [2.75, 3.05) is 26.9 Å². The van der Waals surface area contributed by atoms with Gasteiger partial charge in [-0.2, -0.15) is 0 Å². The van der Waals surface area contributed by atoms with E-state index in [1.807, 2.05) is 12.1 Å². The zero-order valence-corrected chi connectivity index (χ0v) is 17.6.